The van der Waals surface area contributed by atoms with Gasteiger partial charge in [0.05, 0.1) is 6.61 Å². The molecule has 0 bridgehead atoms. The molecule has 0 N–H and O–H groups in total. The zero-order chi connectivity index (χ0) is 7.28. The van der Waals surface area contributed by atoms with Crippen LogP contribution < -0.4 is 0 Å². The summed E-state index contributed by atoms with van der Waals surface area (Å²) in [7, 11) is 0. The van der Waals surface area contributed by atoms with Crippen molar-refractivity contribution in [2.24, 2.45) is 0 Å². The summed E-state index contributed by atoms with van der Waals surface area (Å²) in [5.41, 5.74) is 0. The third kappa shape index (κ3) is 7.76. The van der Waals surface area contributed by atoms with Crippen LogP contribution >= 0.6 is 0 Å². The van der Waals surface area contributed by atoms with Crippen LogP contribution in [0, 0.1) is 6.92 Å². The van der Waals surface area contributed by atoms with Crippen LogP contribution in [0.3, 0.4) is 0 Å². The predicted octanol–water partition coefficient (Wildman–Crippen LogP) is 0.340. The molecular formula is C6H9O3Zn. The molecule has 10 heavy (non-hydrogen) atoms. The van der Waals surface area contributed by atoms with E-state index >= 15 is 0 Å². The van der Waals surface area contributed by atoms with Gasteiger partial charge in [0.15, 0.2) is 0 Å². The summed E-state index contributed by atoms with van der Waals surface area (Å²) >= 11 is 0. The quantitative estimate of drug-likeness (QED) is 0.370. The fourth-order valence-corrected chi connectivity index (χ4v) is 0.368. The Morgan fingerprint density at radius 2 is 2.00 bits per heavy atom. The van der Waals surface area contributed by atoms with Crippen molar-refractivity contribution in [3.05, 3.63) is 6.92 Å². The van der Waals surface area contributed by atoms with Crippen LogP contribution in [0.25, 0.3) is 0 Å². The van der Waals surface area contributed by atoms with Crippen molar-refractivity contribution in [3.8, 4) is 0 Å². The number of carbonyl (C=O) groups is 2. The van der Waals surface area contributed by atoms with Crippen LogP contribution in [0.5, 0.6) is 0 Å². The minimum Gasteiger partial charge on any atom is -0.465 e. The van der Waals surface area contributed by atoms with Gasteiger partial charge in [0.2, 0.25) is 0 Å². The number of ketones is 1. The van der Waals surface area contributed by atoms with Gasteiger partial charge in [0.25, 0.3) is 0 Å². The third-order valence-corrected chi connectivity index (χ3v) is 0.656. The maximum Gasteiger partial charge on any atom is 0.313 e. The number of Topliss-reactive ketones (excluding diaryl/α,β-unsaturated/α-hetero) is 1. The smallest absolute Gasteiger partial charge is 0.313 e. The molecule has 0 saturated heterocycles. The second-order valence-electron chi connectivity index (χ2n) is 1.60. The topological polar surface area (TPSA) is 43.4 Å². The Balaban J connectivity index is 0. The van der Waals surface area contributed by atoms with E-state index in [-0.39, 0.29) is 38.3 Å². The Kier molecular flexibility index (Phi) is 8.56. The summed E-state index contributed by atoms with van der Waals surface area (Å²) in [6.45, 7) is 4.71. The van der Waals surface area contributed by atoms with E-state index in [9.17, 15) is 9.59 Å². The molecule has 3 nitrogen and oxygen atoms in total. The van der Waals surface area contributed by atoms with Crippen molar-refractivity contribution in [3.63, 3.8) is 0 Å². The number of esters is 1. The van der Waals surface area contributed by atoms with Crippen LogP contribution in [-0.4, -0.2) is 18.4 Å². The maximum absolute atomic E-state index is 10.4. The standard InChI is InChI=1S/C6H9O3.Zn/c1-3-9-6(8)4-5(2)7;/h1,3-4H2,2H3;. The summed E-state index contributed by atoms with van der Waals surface area (Å²) in [5.74, 6) is -0.689. The van der Waals surface area contributed by atoms with Crippen molar-refractivity contribution >= 4 is 11.8 Å². The molecule has 0 aromatic carbocycles. The molecule has 0 rings (SSSR count). The molecule has 0 aromatic rings. The maximum atomic E-state index is 10.4. The van der Waals surface area contributed by atoms with Crippen LogP contribution in [0.4, 0.5) is 0 Å². The average Bonchev–Trinajstić information content (AvgIpc) is 1.63. The van der Waals surface area contributed by atoms with Gasteiger partial charge in [-0.3, -0.25) is 9.59 Å². The Labute approximate surface area is 72.9 Å². The zero-order valence-corrected chi connectivity index (χ0v) is 9.02. The van der Waals surface area contributed by atoms with Crippen molar-refractivity contribution in [1.29, 1.82) is 0 Å². The minimum absolute atomic E-state index is 0. The van der Waals surface area contributed by atoms with Gasteiger partial charge in [-0.2, -0.15) is 0 Å². The Morgan fingerprint density at radius 1 is 1.50 bits per heavy atom. The first kappa shape index (κ1) is 12.4. The molecule has 0 atom stereocenters. The Morgan fingerprint density at radius 3 is 2.30 bits per heavy atom. The van der Waals surface area contributed by atoms with Gasteiger partial charge < -0.3 is 4.74 Å². The van der Waals surface area contributed by atoms with Gasteiger partial charge in [0.1, 0.15) is 12.2 Å². The van der Waals surface area contributed by atoms with Gasteiger partial charge in [0, 0.05) is 19.5 Å². The van der Waals surface area contributed by atoms with Crippen LogP contribution in [0.15, 0.2) is 0 Å². The fraction of sp³-hybridized carbons (Fsp3) is 0.500. The molecular weight excluding hydrogens is 185 g/mol. The number of rotatable bonds is 3. The van der Waals surface area contributed by atoms with Crippen molar-refractivity contribution in [2.75, 3.05) is 6.61 Å². The van der Waals surface area contributed by atoms with Gasteiger partial charge in [-0.1, -0.05) is 0 Å². The largest absolute Gasteiger partial charge is 0.465 e. The summed E-state index contributed by atoms with van der Waals surface area (Å²) in [5, 5.41) is 0. The molecule has 0 aliphatic rings. The van der Waals surface area contributed by atoms with Crippen LogP contribution in [-0.2, 0) is 33.8 Å². The van der Waals surface area contributed by atoms with E-state index in [1.165, 1.54) is 6.92 Å². The zero-order valence-electron chi connectivity index (χ0n) is 6.05. The first-order valence-electron chi connectivity index (χ1n) is 2.61. The Hall–Kier alpha value is -0.237. The van der Waals surface area contributed by atoms with E-state index in [2.05, 4.69) is 11.7 Å². The normalized spacial score (nSPS) is 7.80. The molecule has 1 radical (unpaired) electrons. The van der Waals surface area contributed by atoms with Crippen molar-refractivity contribution in [1.82, 2.24) is 0 Å². The summed E-state index contributed by atoms with van der Waals surface area (Å²) in [6.07, 6.45) is -0.143. The number of hydrogen-bond acceptors (Lipinski definition) is 3. The predicted molar refractivity (Wildman–Crippen MR) is 31.6 cm³/mol. The third-order valence-electron chi connectivity index (χ3n) is 0.656. The van der Waals surface area contributed by atoms with E-state index in [1.54, 1.807) is 0 Å². The van der Waals surface area contributed by atoms with E-state index < -0.39 is 5.97 Å². The summed E-state index contributed by atoms with van der Waals surface area (Å²) < 4.78 is 4.38. The van der Waals surface area contributed by atoms with Gasteiger partial charge >= 0.3 is 5.97 Å². The SMILES string of the molecule is [CH2]COC(=O)CC(C)=O.[Zn]. The molecule has 0 fully saturated rings. The van der Waals surface area contributed by atoms with Crippen LogP contribution in [0.1, 0.15) is 13.3 Å². The number of ether oxygens (including phenoxy) is 1. The van der Waals surface area contributed by atoms with E-state index in [4.69, 9.17) is 0 Å². The molecule has 0 aliphatic heterocycles. The van der Waals surface area contributed by atoms with Crippen molar-refractivity contribution < 1.29 is 33.8 Å². The van der Waals surface area contributed by atoms with Gasteiger partial charge in [-0.15, -0.1) is 0 Å². The number of hydrogen-bond donors (Lipinski definition) is 0. The molecule has 0 amide bonds. The molecule has 53 valence electrons. The first-order valence-corrected chi connectivity index (χ1v) is 2.61. The second-order valence-corrected chi connectivity index (χ2v) is 1.60. The fourth-order valence-electron chi connectivity index (χ4n) is 0.368. The molecule has 0 heterocycles. The van der Waals surface area contributed by atoms with Gasteiger partial charge in [-0.05, 0) is 13.8 Å². The molecule has 0 saturated carbocycles. The molecule has 0 unspecified atom stereocenters. The average molecular weight is 195 g/mol. The van der Waals surface area contributed by atoms with Crippen molar-refractivity contribution in [2.45, 2.75) is 13.3 Å². The Bertz CT molecular complexity index is 122. The summed E-state index contributed by atoms with van der Waals surface area (Å²) in [4.78, 5) is 20.6. The first-order chi connectivity index (χ1) is 4.16. The second kappa shape index (κ2) is 6.88. The molecule has 0 aliphatic carbocycles. The van der Waals surface area contributed by atoms with E-state index in [0.29, 0.717) is 0 Å². The molecule has 4 heteroatoms. The van der Waals surface area contributed by atoms with E-state index in [1.807, 2.05) is 0 Å². The van der Waals surface area contributed by atoms with E-state index in [0.717, 1.165) is 0 Å². The number of carbonyl (C=O) groups excluding carboxylic acids is 2. The minimum atomic E-state index is -0.502. The van der Waals surface area contributed by atoms with Crippen LogP contribution in [0.2, 0.25) is 0 Å². The molecule has 0 spiro atoms. The summed E-state index contributed by atoms with van der Waals surface area (Å²) in [6, 6.07) is 0. The monoisotopic (exact) mass is 193 g/mol. The van der Waals surface area contributed by atoms with Gasteiger partial charge in [-0.25, -0.2) is 0 Å². The molecule has 0 aromatic heterocycles.